The van der Waals surface area contributed by atoms with E-state index in [1.54, 1.807) is 6.20 Å². The summed E-state index contributed by atoms with van der Waals surface area (Å²) in [6.45, 7) is 2.16. The number of rotatable bonds is 2. The summed E-state index contributed by atoms with van der Waals surface area (Å²) in [4.78, 5) is 0. The van der Waals surface area contributed by atoms with Gasteiger partial charge in [0.15, 0.2) is 0 Å². The minimum Gasteiger partial charge on any atom is -0.138 e. The maximum absolute atomic E-state index is 4.04. The molecule has 0 radical (unpaired) electrons. The zero-order valence-corrected chi connectivity index (χ0v) is 7.57. The van der Waals surface area contributed by atoms with Crippen LogP contribution in [0.4, 0.5) is 0 Å². The van der Waals surface area contributed by atoms with Crippen molar-refractivity contribution in [3.63, 3.8) is 0 Å². The topological polar surface area (TPSA) is 38.7 Å². The number of nitrogens with zero attached hydrogens (tertiary/aromatic N) is 3. The number of aryl methyl sites for hydroxylation is 1. The van der Waals surface area contributed by atoms with Gasteiger partial charge in [0.2, 0.25) is 0 Å². The summed E-state index contributed by atoms with van der Waals surface area (Å²) in [6.07, 6.45) is 3.93. The molecule has 0 bridgehead atoms. The Labute approximate surface area is 76.8 Å². The van der Waals surface area contributed by atoms with Gasteiger partial charge in [0.1, 0.15) is 0 Å². The standard InChI is InChI=1S/C10H11N3/c1-2-4-8-5-3-6-9-7-11-13-12-10(8)9/h3,5-7H,2,4H2,1H3. The van der Waals surface area contributed by atoms with E-state index in [0.717, 1.165) is 23.7 Å². The smallest absolute Gasteiger partial charge is 0.0995 e. The van der Waals surface area contributed by atoms with Gasteiger partial charge in [0, 0.05) is 5.39 Å². The zero-order chi connectivity index (χ0) is 9.10. The highest BCUT2D eigenvalue weighted by atomic mass is 15.3. The van der Waals surface area contributed by atoms with Crippen LogP contribution in [0.25, 0.3) is 10.9 Å². The SMILES string of the molecule is CCCc1cccc2cnnnc12. The molecule has 3 nitrogen and oxygen atoms in total. The molecule has 66 valence electrons. The molecule has 0 aliphatic heterocycles. The van der Waals surface area contributed by atoms with E-state index in [1.807, 2.05) is 12.1 Å². The third kappa shape index (κ3) is 1.49. The van der Waals surface area contributed by atoms with Crippen molar-refractivity contribution in [2.45, 2.75) is 19.8 Å². The van der Waals surface area contributed by atoms with Gasteiger partial charge < -0.3 is 0 Å². The summed E-state index contributed by atoms with van der Waals surface area (Å²) < 4.78 is 0. The number of hydrogen-bond acceptors (Lipinski definition) is 3. The van der Waals surface area contributed by atoms with Crippen LogP contribution < -0.4 is 0 Å². The van der Waals surface area contributed by atoms with Crippen LogP contribution in [0.5, 0.6) is 0 Å². The molecule has 1 heterocycles. The molecule has 3 heteroatoms. The van der Waals surface area contributed by atoms with Crippen molar-refractivity contribution in [2.24, 2.45) is 0 Å². The minimum atomic E-state index is 0.986. The summed E-state index contributed by atoms with van der Waals surface area (Å²) in [6, 6.07) is 6.15. The normalized spacial score (nSPS) is 10.5. The first-order valence-corrected chi connectivity index (χ1v) is 4.48. The largest absolute Gasteiger partial charge is 0.138 e. The van der Waals surface area contributed by atoms with Crippen molar-refractivity contribution in [2.75, 3.05) is 0 Å². The van der Waals surface area contributed by atoms with Crippen molar-refractivity contribution in [3.8, 4) is 0 Å². The number of fused-ring (bicyclic) bond motifs is 1. The van der Waals surface area contributed by atoms with E-state index in [1.165, 1.54) is 5.56 Å². The van der Waals surface area contributed by atoms with Gasteiger partial charge in [-0.05, 0) is 17.2 Å². The van der Waals surface area contributed by atoms with Gasteiger partial charge in [-0.3, -0.25) is 0 Å². The Morgan fingerprint density at radius 3 is 3.08 bits per heavy atom. The van der Waals surface area contributed by atoms with Crippen LogP contribution in [0.15, 0.2) is 24.4 Å². The van der Waals surface area contributed by atoms with Crippen molar-refractivity contribution < 1.29 is 0 Å². The van der Waals surface area contributed by atoms with Gasteiger partial charge in [-0.2, -0.15) is 0 Å². The second-order valence-corrected chi connectivity index (χ2v) is 3.04. The van der Waals surface area contributed by atoms with E-state index < -0.39 is 0 Å². The molecule has 0 saturated heterocycles. The van der Waals surface area contributed by atoms with E-state index in [0.29, 0.717) is 0 Å². The van der Waals surface area contributed by atoms with Crippen LogP contribution in [0.2, 0.25) is 0 Å². The van der Waals surface area contributed by atoms with Crippen molar-refractivity contribution in [1.29, 1.82) is 0 Å². The Bertz CT molecular complexity index is 406. The Hall–Kier alpha value is -1.51. The van der Waals surface area contributed by atoms with E-state index in [-0.39, 0.29) is 0 Å². The molecule has 0 amide bonds. The van der Waals surface area contributed by atoms with Gasteiger partial charge >= 0.3 is 0 Å². The quantitative estimate of drug-likeness (QED) is 0.697. The van der Waals surface area contributed by atoms with E-state index >= 15 is 0 Å². The molecule has 0 spiro atoms. The number of hydrogen-bond donors (Lipinski definition) is 0. The fourth-order valence-corrected chi connectivity index (χ4v) is 1.47. The Kier molecular flexibility index (Phi) is 2.17. The van der Waals surface area contributed by atoms with Gasteiger partial charge in [-0.1, -0.05) is 31.5 Å². The van der Waals surface area contributed by atoms with E-state index in [9.17, 15) is 0 Å². The lowest BCUT2D eigenvalue weighted by atomic mass is 10.1. The molecule has 0 atom stereocenters. The molecule has 2 rings (SSSR count). The molecule has 0 N–H and O–H groups in total. The third-order valence-corrected chi connectivity index (χ3v) is 2.06. The Balaban J connectivity index is 2.61. The zero-order valence-electron chi connectivity index (χ0n) is 7.57. The summed E-state index contributed by atoms with van der Waals surface area (Å²) in [7, 11) is 0. The fraction of sp³-hybridized carbons (Fsp3) is 0.300. The molecule has 0 unspecified atom stereocenters. The molecule has 0 aliphatic rings. The average molecular weight is 173 g/mol. The second-order valence-electron chi connectivity index (χ2n) is 3.04. The highest BCUT2D eigenvalue weighted by Gasteiger charge is 2.00. The summed E-state index contributed by atoms with van der Waals surface area (Å²) in [5.41, 5.74) is 2.24. The van der Waals surface area contributed by atoms with Crippen molar-refractivity contribution in [3.05, 3.63) is 30.0 Å². The first-order valence-electron chi connectivity index (χ1n) is 4.48. The molecular weight excluding hydrogens is 162 g/mol. The highest BCUT2D eigenvalue weighted by Crippen LogP contribution is 2.15. The van der Waals surface area contributed by atoms with Crippen LogP contribution in [0, 0.1) is 0 Å². The lowest BCUT2D eigenvalue weighted by Crippen LogP contribution is -1.92. The maximum atomic E-state index is 4.04. The first kappa shape index (κ1) is 8.10. The molecule has 0 aliphatic carbocycles. The Morgan fingerprint density at radius 1 is 1.31 bits per heavy atom. The summed E-state index contributed by atoms with van der Waals surface area (Å²) in [5, 5.41) is 12.5. The lowest BCUT2D eigenvalue weighted by molar-refractivity contribution is 0.876. The van der Waals surface area contributed by atoms with E-state index in [2.05, 4.69) is 28.4 Å². The molecule has 1 aromatic carbocycles. The average Bonchev–Trinajstić information content (AvgIpc) is 2.19. The van der Waals surface area contributed by atoms with Crippen LogP contribution in [-0.4, -0.2) is 15.4 Å². The molecule has 13 heavy (non-hydrogen) atoms. The van der Waals surface area contributed by atoms with Crippen molar-refractivity contribution >= 4 is 10.9 Å². The number of aromatic nitrogens is 3. The predicted molar refractivity (Wildman–Crippen MR) is 51.3 cm³/mol. The second kappa shape index (κ2) is 3.47. The Morgan fingerprint density at radius 2 is 2.23 bits per heavy atom. The van der Waals surface area contributed by atoms with Crippen LogP contribution in [-0.2, 0) is 6.42 Å². The summed E-state index contributed by atoms with van der Waals surface area (Å²) in [5.74, 6) is 0. The van der Waals surface area contributed by atoms with Crippen LogP contribution in [0.3, 0.4) is 0 Å². The highest BCUT2D eigenvalue weighted by molar-refractivity contribution is 5.80. The molecule has 1 aromatic heterocycles. The van der Waals surface area contributed by atoms with Crippen LogP contribution >= 0.6 is 0 Å². The summed E-state index contributed by atoms with van der Waals surface area (Å²) >= 11 is 0. The van der Waals surface area contributed by atoms with E-state index in [4.69, 9.17) is 0 Å². The maximum Gasteiger partial charge on any atom is 0.0995 e. The molecular formula is C10H11N3. The lowest BCUT2D eigenvalue weighted by Gasteiger charge is -2.01. The monoisotopic (exact) mass is 173 g/mol. The van der Waals surface area contributed by atoms with Gasteiger partial charge in [0.25, 0.3) is 0 Å². The minimum absolute atomic E-state index is 0.986. The molecule has 2 aromatic rings. The first-order chi connectivity index (χ1) is 6.42. The van der Waals surface area contributed by atoms with Crippen LogP contribution in [0.1, 0.15) is 18.9 Å². The third-order valence-electron chi connectivity index (χ3n) is 2.06. The molecule has 0 saturated carbocycles. The van der Waals surface area contributed by atoms with Gasteiger partial charge in [-0.15, -0.1) is 10.2 Å². The molecule has 0 fully saturated rings. The number of benzene rings is 1. The fourth-order valence-electron chi connectivity index (χ4n) is 1.47. The van der Waals surface area contributed by atoms with Gasteiger partial charge in [0.05, 0.1) is 11.7 Å². The van der Waals surface area contributed by atoms with Gasteiger partial charge in [-0.25, -0.2) is 0 Å². The predicted octanol–water partition coefficient (Wildman–Crippen LogP) is 1.98. The van der Waals surface area contributed by atoms with Crippen molar-refractivity contribution in [1.82, 2.24) is 15.4 Å².